The van der Waals surface area contributed by atoms with Crippen LogP contribution in [0.3, 0.4) is 0 Å². The van der Waals surface area contributed by atoms with Crippen molar-refractivity contribution in [1.29, 1.82) is 5.26 Å². The number of hydrogen-bond donors (Lipinski definition) is 0. The summed E-state index contributed by atoms with van der Waals surface area (Å²) in [5.41, 5.74) is 2.01. The molecule has 5 rings (SSSR count). The van der Waals surface area contributed by atoms with E-state index >= 15 is 0 Å². The highest BCUT2D eigenvalue weighted by atomic mass is 32.2. The normalized spacial score (nSPS) is 17.0. The molecule has 0 aliphatic carbocycles. The first-order chi connectivity index (χ1) is 20.1. The summed E-state index contributed by atoms with van der Waals surface area (Å²) in [7, 11) is 1.77. The number of hydrogen-bond acceptors (Lipinski definition) is 8. The average Bonchev–Trinajstić information content (AvgIpc) is 3.39. The molecule has 0 atom stereocenters. The van der Waals surface area contributed by atoms with Gasteiger partial charge in [0, 0.05) is 45.3 Å². The maximum Gasteiger partial charge on any atom is 0.296 e. The zero-order valence-corrected chi connectivity index (χ0v) is 26.0. The summed E-state index contributed by atoms with van der Waals surface area (Å²) in [5, 5.41) is 9.90. The molecule has 10 nitrogen and oxygen atoms in total. The van der Waals surface area contributed by atoms with Gasteiger partial charge in [-0.1, -0.05) is 49.1 Å². The van der Waals surface area contributed by atoms with Gasteiger partial charge in [0.1, 0.15) is 23.1 Å². The Bertz CT molecular complexity index is 1770. The Morgan fingerprint density at radius 3 is 2.26 bits per heavy atom. The van der Waals surface area contributed by atoms with Crippen molar-refractivity contribution >= 4 is 51.8 Å². The molecular weight excluding hydrogens is 571 g/mol. The maximum absolute atomic E-state index is 14.0. The number of thioether (sulfide) groups is 1. The van der Waals surface area contributed by atoms with Gasteiger partial charge in [0.25, 0.3) is 17.0 Å². The SMILES string of the molecule is CCN1CCN(c2c(/C=C3/SC(=S)N(c4c(C)n(C)n(-c5ccccc5)c4=O)C3=O)c(C)c(C#N)c(=O)n2CC)CC1. The fraction of sp³-hybridized carbons (Fsp3) is 0.367. The first kappa shape index (κ1) is 29.6. The molecular formula is C30H33N7O3S2. The molecule has 1 amide bonds. The number of pyridine rings is 1. The summed E-state index contributed by atoms with van der Waals surface area (Å²) >= 11 is 6.78. The first-order valence-corrected chi connectivity index (χ1v) is 15.1. The van der Waals surface area contributed by atoms with Gasteiger partial charge >= 0.3 is 0 Å². The highest BCUT2D eigenvalue weighted by Gasteiger charge is 2.38. The molecule has 218 valence electrons. The lowest BCUT2D eigenvalue weighted by atomic mass is 10.0. The smallest absolute Gasteiger partial charge is 0.296 e. The Labute approximate surface area is 254 Å². The van der Waals surface area contributed by atoms with Crippen LogP contribution in [0.5, 0.6) is 0 Å². The van der Waals surface area contributed by atoms with E-state index in [1.807, 2.05) is 37.3 Å². The molecule has 0 N–H and O–H groups in total. The highest BCUT2D eigenvalue weighted by molar-refractivity contribution is 8.27. The molecule has 0 bridgehead atoms. The average molecular weight is 604 g/mol. The van der Waals surface area contributed by atoms with Gasteiger partial charge < -0.3 is 9.80 Å². The number of likely N-dealkylation sites (N-methyl/N-ethyl adjacent to an activating group) is 1. The molecule has 0 radical (unpaired) electrons. The van der Waals surface area contributed by atoms with E-state index in [0.717, 1.165) is 31.4 Å². The van der Waals surface area contributed by atoms with Crippen LogP contribution in [0, 0.1) is 25.2 Å². The Morgan fingerprint density at radius 2 is 1.67 bits per heavy atom. The third-order valence-electron chi connectivity index (χ3n) is 8.10. The summed E-state index contributed by atoms with van der Waals surface area (Å²) in [5.74, 6) is 0.285. The van der Waals surface area contributed by atoms with E-state index in [1.54, 1.807) is 36.2 Å². The van der Waals surface area contributed by atoms with Gasteiger partial charge in [0.2, 0.25) is 0 Å². The summed E-state index contributed by atoms with van der Waals surface area (Å²) in [4.78, 5) is 47.2. The largest absolute Gasteiger partial charge is 0.355 e. The van der Waals surface area contributed by atoms with Crippen molar-refractivity contribution in [2.75, 3.05) is 42.5 Å². The monoisotopic (exact) mass is 603 g/mol. The van der Waals surface area contributed by atoms with Gasteiger partial charge in [-0.3, -0.25) is 28.5 Å². The lowest BCUT2D eigenvalue weighted by Gasteiger charge is -2.37. The number of piperazine rings is 1. The minimum Gasteiger partial charge on any atom is -0.355 e. The zero-order chi connectivity index (χ0) is 30.3. The number of carbonyl (C=O) groups excluding carboxylic acids is 1. The van der Waals surface area contributed by atoms with E-state index in [4.69, 9.17) is 12.2 Å². The molecule has 1 aromatic carbocycles. The van der Waals surface area contributed by atoms with Crippen LogP contribution in [0.25, 0.3) is 11.8 Å². The number of nitrogens with zero attached hydrogens (tertiary/aromatic N) is 7. The third-order valence-corrected chi connectivity index (χ3v) is 9.40. The van der Waals surface area contributed by atoms with E-state index in [0.29, 0.717) is 52.9 Å². The fourth-order valence-electron chi connectivity index (χ4n) is 5.66. The molecule has 0 unspecified atom stereocenters. The first-order valence-electron chi connectivity index (χ1n) is 13.9. The minimum atomic E-state index is -0.412. The topological polar surface area (TPSA) is 99.5 Å². The van der Waals surface area contributed by atoms with Gasteiger partial charge in [0.05, 0.1) is 16.3 Å². The number of rotatable bonds is 6. The lowest BCUT2D eigenvalue weighted by molar-refractivity contribution is -0.113. The number of carbonyl (C=O) groups is 1. The Kier molecular flexibility index (Phi) is 8.28. The predicted molar refractivity (Wildman–Crippen MR) is 172 cm³/mol. The van der Waals surface area contributed by atoms with Crippen LogP contribution >= 0.6 is 24.0 Å². The van der Waals surface area contributed by atoms with Crippen LogP contribution in [-0.4, -0.2) is 61.8 Å². The molecule has 0 saturated carbocycles. The van der Waals surface area contributed by atoms with Gasteiger partial charge in [-0.15, -0.1) is 0 Å². The molecule has 2 fully saturated rings. The zero-order valence-electron chi connectivity index (χ0n) is 24.4. The van der Waals surface area contributed by atoms with Crippen molar-refractivity contribution < 1.29 is 4.79 Å². The Balaban J connectivity index is 1.64. The number of para-hydroxylation sites is 1. The van der Waals surface area contributed by atoms with Gasteiger partial charge in [-0.05, 0) is 51.1 Å². The Hall–Kier alpha value is -3.92. The van der Waals surface area contributed by atoms with Crippen LogP contribution in [0.1, 0.15) is 36.2 Å². The summed E-state index contributed by atoms with van der Waals surface area (Å²) in [6.07, 6.45) is 1.73. The van der Waals surface area contributed by atoms with E-state index in [1.165, 1.54) is 9.58 Å². The van der Waals surface area contributed by atoms with Crippen molar-refractivity contribution in [3.63, 3.8) is 0 Å². The second kappa shape index (κ2) is 11.8. The quantitative estimate of drug-likeness (QED) is 0.312. The predicted octanol–water partition coefficient (Wildman–Crippen LogP) is 3.39. The van der Waals surface area contributed by atoms with Crippen molar-refractivity contribution in [3.05, 3.63) is 78.3 Å². The summed E-state index contributed by atoms with van der Waals surface area (Å²) in [6.45, 7) is 12.0. The minimum absolute atomic E-state index is 0.0548. The third kappa shape index (κ3) is 4.81. The number of amides is 1. The van der Waals surface area contributed by atoms with Crippen LogP contribution < -0.4 is 20.9 Å². The van der Waals surface area contributed by atoms with Crippen LogP contribution in [0.2, 0.25) is 0 Å². The molecule has 4 heterocycles. The van der Waals surface area contributed by atoms with E-state index in [9.17, 15) is 19.6 Å². The fourth-order valence-corrected chi connectivity index (χ4v) is 6.91. The molecule has 12 heteroatoms. The lowest BCUT2D eigenvalue weighted by Crippen LogP contribution is -2.48. The van der Waals surface area contributed by atoms with E-state index < -0.39 is 5.91 Å². The van der Waals surface area contributed by atoms with Gasteiger partial charge in [0.15, 0.2) is 4.32 Å². The molecule has 2 aromatic heterocycles. The molecule has 2 aliphatic rings. The van der Waals surface area contributed by atoms with Gasteiger partial charge in [-0.25, -0.2) is 4.68 Å². The molecule has 2 aliphatic heterocycles. The number of thiocarbonyl (C=S) groups is 1. The van der Waals surface area contributed by atoms with Gasteiger partial charge in [-0.2, -0.15) is 5.26 Å². The molecule has 0 spiro atoms. The molecule has 2 saturated heterocycles. The van der Waals surface area contributed by atoms with Crippen molar-refractivity contribution in [2.24, 2.45) is 7.05 Å². The van der Waals surface area contributed by atoms with E-state index in [2.05, 4.69) is 22.8 Å². The van der Waals surface area contributed by atoms with E-state index in [-0.39, 0.29) is 26.7 Å². The van der Waals surface area contributed by atoms with Crippen LogP contribution in [0.4, 0.5) is 11.5 Å². The Morgan fingerprint density at radius 1 is 1.00 bits per heavy atom. The molecule has 3 aromatic rings. The highest BCUT2D eigenvalue weighted by Crippen LogP contribution is 2.38. The summed E-state index contributed by atoms with van der Waals surface area (Å²) in [6, 6.07) is 11.3. The number of nitriles is 1. The maximum atomic E-state index is 14.0. The second-order valence-corrected chi connectivity index (χ2v) is 11.9. The number of benzene rings is 1. The van der Waals surface area contributed by atoms with Crippen molar-refractivity contribution in [3.8, 4) is 11.8 Å². The van der Waals surface area contributed by atoms with Crippen molar-refractivity contribution in [2.45, 2.75) is 34.2 Å². The van der Waals surface area contributed by atoms with Crippen LogP contribution in [0.15, 0.2) is 44.8 Å². The summed E-state index contributed by atoms with van der Waals surface area (Å²) < 4.78 is 5.10. The van der Waals surface area contributed by atoms with Crippen molar-refractivity contribution in [1.82, 2.24) is 18.8 Å². The number of anilines is 2. The second-order valence-electron chi connectivity index (χ2n) is 10.2. The molecule has 42 heavy (non-hydrogen) atoms. The van der Waals surface area contributed by atoms with Crippen LogP contribution in [-0.2, 0) is 18.4 Å². The standard InChI is InChI=1S/C30H33N7O3S2/c1-6-33-13-15-34(16-14-33)26-22(19(3)23(18-31)27(38)35(26)7-2)17-24-28(39)36(30(41)42-24)25-20(4)32(5)37(29(25)40)21-11-9-8-10-12-21/h8-12,17H,6-7,13-16H2,1-5H3/b24-17+. The number of aromatic nitrogens is 3.